The Hall–Kier alpha value is -1.18. The molecule has 1 unspecified atom stereocenters. The number of methoxy groups -OCH3 is 1. The van der Waals surface area contributed by atoms with Gasteiger partial charge in [-0.05, 0) is 31.2 Å². The number of nitrogens with one attached hydrogen (secondary N) is 1. The summed E-state index contributed by atoms with van der Waals surface area (Å²) in [5.41, 5.74) is 5.37. The highest BCUT2D eigenvalue weighted by Gasteiger charge is 2.17. The normalized spacial score (nSPS) is 13.0. The lowest BCUT2D eigenvalue weighted by Crippen LogP contribution is -2.35. The first kappa shape index (κ1) is 14.9. The Morgan fingerprint density at radius 2 is 2.00 bits per heavy atom. The van der Waals surface area contributed by atoms with Gasteiger partial charge in [0.2, 0.25) is 10.0 Å². The zero-order chi connectivity index (χ0) is 13.8. The molecule has 0 fully saturated rings. The molecule has 0 radical (unpaired) electrons. The second-order valence-electron chi connectivity index (χ2n) is 3.87. The van der Waals surface area contributed by atoms with Crippen LogP contribution in [0.15, 0.2) is 29.2 Å². The number of hydrogen-bond acceptors (Lipinski definition) is 4. The average Bonchev–Trinajstić information content (AvgIpc) is 2.27. The first-order valence-corrected chi connectivity index (χ1v) is 7.19. The highest BCUT2D eigenvalue weighted by Crippen LogP contribution is 2.15. The van der Waals surface area contributed by atoms with Crippen LogP contribution >= 0.6 is 12.2 Å². The summed E-state index contributed by atoms with van der Waals surface area (Å²) in [6.07, 6.45) is 0.324. The van der Waals surface area contributed by atoms with E-state index in [2.05, 4.69) is 4.72 Å². The molecule has 1 aromatic rings. The topological polar surface area (TPSA) is 81.4 Å². The van der Waals surface area contributed by atoms with Gasteiger partial charge in [-0.15, -0.1) is 0 Å². The average molecular weight is 288 g/mol. The number of ether oxygens (including phenoxy) is 1. The zero-order valence-electron chi connectivity index (χ0n) is 10.2. The fourth-order valence-corrected chi connectivity index (χ4v) is 2.92. The molecule has 0 saturated carbocycles. The lowest BCUT2D eigenvalue weighted by molar-refractivity contribution is 0.414. The molecule has 0 amide bonds. The maximum atomic E-state index is 12.0. The minimum Gasteiger partial charge on any atom is -0.497 e. The van der Waals surface area contributed by atoms with Crippen molar-refractivity contribution in [1.29, 1.82) is 0 Å². The summed E-state index contributed by atoms with van der Waals surface area (Å²) in [5.74, 6) is 0.602. The molecule has 0 aliphatic heterocycles. The Bertz CT molecular complexity index is 512. The SMILES string of the molecule is COc1ccc(S(=O)(=O)NC(C)CC(N)=S)cc1. The molecular formula is C11H16N2O3S2. The van der Waals surface area contributed by atoms with E-state index < -0.39 is 10.0 Å². The van der Waals surface area contributed by atoms with Gasteiger partial charge in [0.05, 0.1) is 17.0 Å². The first-order chi connectivity index (χ1) is 8.35. The molecule has 0 aliphatic carbocycles. The third-order valence-electron chi connectivity index (χ3n) is 2.23. The molecule has 18 heavy (non-hydrogen) atoms. The van der Waals surface area contributed by atoms with Crippen LogP contribution < -0.4 is 15.2 Å². The van der Waals surface area contributed by atoms with Gasteiger partial charge in [-0.3, -0.25) is 0 Å². The summed E-state index contributed by atoms with van der Waals surface area (Å²) in [4.78, 5) is 0.457. The molecule has 1 atom stereocenters. The molecule has 0 aromatic heterocycles. The minimum atomic E-state index is -3.55. The molecule has 0 aliphatic rings. The molecular weight excluding hydrogens is 272 g/mol. The van der Waals surface area contributed by atoms with E-state index in [9.17, 15) is 8.42 Å². The van der Waals surface area contributed by atoms with Crippen molar-refractivity contribution >= 4 is 27.2 Å². The number of sulfonamides is 1. The largest absolute Gasteiger partial charge is 0.497 e. The van der Waals surface area contributed by atoms with Gasteiger partial charge in [-0.2, -0.15) is 0 Å². The molecule has 0 heterocycles. The van der Waals surface area contributed by atoms with E-state index in [0.29, 0.717) is 12.2 Å². The highest BCUT2D eigenvalue weighted by molar-refractivity contribution is 7.89. The van der Waals surface area contributed by atoms with Crippen LogP contribution in [0.2, 0.25) is 0 Å². The fraction of sp³-hybridized carbons (Fsp3) is 0.364. The van der Waals surface area contributed by atoms with Crippen LogP contribution in [-0.4, -0.2) is 26.6 Å². The van der Waals surface area contributed by atoms with Crippen LogP contribution in [0.3, 0.4) is 0 Å². The summed E-state index contributed by atoms with van der Waals surface area (Å²) in [7, 11) is -2.03. The smallest absolute Gasteiger partial charge is 0.240 e. The van der Waals surface area contributed by atoms with Crippen molar-refractivity contribution in [3.05, 3.63) is 24.3 Å². The van der Waals surface area contributed by atoms with Crippen LogP contribution in [0.5, 0.6) is 5.75 Å². The third kappa shape index (κ3) is 4.25. The van der Waals surface area contributed by atoms with Crippen LogP contribution in [0.25, 0.3) is 0 Å². The lowest BCUT2D eigenvalue weighted by atomic mass is 10.3. The second-order valence-corrected chi connectivity index (χ2v) is 6.11. The lowest BCUT2D eigenvalue weighted by Gasteiger charge is -2.13. The zero-order valence-corrected chi connectivity index (χ0v) is 11.8. The molecule has 5 nitrogen and oxygen atoms in total. The van der Waals surface area contributed by atoms with E-state index in [1.54, 1.807) is 19.1 Å². The molecule has 0 spiro atoms. The summed E-state index contributed by atoms with van der Waals surface area (Å²) in [6.45, 7) is 1.71. The number of rotatable bonds is 6. The maximum absolute atomic E-state index is 12.0. The van der Waals surface area contributed by atoms with Gasteiger partial charge >= 0.3 is 0 Å². The van der Waals surface area contributed by atoms with Gasteiger partial charge in [0, 0.05) is 12.5 Å². The van der Waals surface area contributed by atoms with E-state index in [1.807, 2.05) is 0 Å². The van der Waals surface area contributed by atoms with Crippen LogP contribution in [-0.2, 0) is 10.0 Å². The van der Waals surface area contributed by atoms with E-state index in [4.69, 9.17) is 22.7 Å². The van der Waals surface area contributed by atoms with Gasteiger partial charge < -0.3 is 10.5 Å². The Kier molecular flexibility index (Phi) is 5.06. The fourth-order valence-electron chi connectivity index (χ4n) is 1.43. The predicted octanol–water partition coefficient (Wildman–Crippen LogP) is 1.04. The number of benzene rings is 1. The molecule has 3 N–H and O–H groups in total. The van der Waals surface area contributed by atoms with E-state index in [-0.39, 0.29) is 15.9 Å². The van der Waals surface area contributed by atoms with Crippen molar-refractivity contribution in [2.45, 2.75) is 24.3 Å². The van der Waals surface area contributed by atoms with Gasteiger partial charge in [0.1, 0.15) is 5.75 Å². The third-order valence-corrected chi connectivity index (χ3v) is 4.01. The summed E-state index contributed by atoms with van der Waals surface area (Å²) < 4.78 is 31.4. The van der Waals surface area contributed by atoms with Crippen molar-refractivity contribution < 1.29 is 13.2 Å². The Morgan fingerprint density at radius 3 is 2.44 bits per heavy atom. The van der Waals surface area contributed by atoms with Crippen LogP contribution in [0.1, 0.15) is 13.3 Å². The van der Waals surface area contributed by atoms with Crippen molar-refractivity contribution in [3.8, 4) is 5.75 Å². The molecule has 7 heteroatoms. The monoisotopic (exact) mass is 288 g/mol. The standard InChI is InChI=1S/C11H16N2O3S2/c1-8(7-11(12)17)13-18(14,15)10-5-3-9(16-2)4-6-10/h3-6,8,13H,7H2,1-2H3,(H2,12,17). The highest BCUT2D eigenvalue weighted by atomic mass is 32.2. The summed E-state index contributed by atoms with van der Waals surface area (Å²) in [6, 6.07) is 5.80. The number of thiocarbonyl (C=S) groups is 1. The van der Waals surface area contributed by atoms with Crippen molar-refractivity contribution in [2.75, 3.05) is 7.11 Å². The van der Waals surface area contributed by atoms with Gasteiger partial charge in [0.25, 0.3) is 0 Å². The molecule has 1 rings (SSSR count). The molecule has 100 valence electrons. The van der Waals surface area contributed by atoms with Crippen LogP contribution in [0, 0.1) is 0 Å². The van der Waals surface area contributed by atoms with Gasteiger partial charge in [-0.25, -0.2) is 13.1 Å². The Balaban J connectivity index is 2.82. The summed E-state index contributed by atoms with van der Waals surface area (Å²) >= 11 is 4.74. The van der Waals surface area contributed by atoms with E-state index >= 15 is 0 Å². The van der Waals surface area contributed by atoms with E-state index in [0.717, 1.165) is 0 Å². The molecule has 1 aromatic carbocycles. The van der Waals surface area contributed by atoms with Gasteiger partial charge in [0.15, 0.2) is 0 Å². The number of nitrogens with two attached hydrogens (primary N) is 1. The minimum absolute atomic E-state index is 0.179. The summed E-state index contributed by atoms with van der Waals surface area (Å²) in [5, 5.41) is 0. The maximum Gasteiger partial charge on any atom is 0.240 e. The van der Waals surface area contributed by atoms with Crippen LogP contribution in [0.4, 0.5) is 0 Å². The second kappa shape index (κ2) is 6.12. The molecule has 0 saturated heterocycles. The van der Waals surface area contributed by atoms with Crippen molar-refractivity contribution in [1.82, 2.24) is 4.72 Å². The predicted molar refractivity (Wildman–Crippen MR) is 74.2 cm³/mol. The quantitative estimate of drug-likeness (QED) is 0.764. The number of hydrogen-bond donors (Lipinski definition) is 2. The first-order valence-electron chi connectivity index (χ1n) is 5.30. The van der Waals surface area contributed by atoms with E-state index in [1.165, 1.54) is 19.2 Å². The van der Waals surface area contributed by atoms with Crippen molar-refractivity contribution in [2.24, 2.45) is 5.73 Å². The Morgan fingerprint density at radius 1 is 1.44 bits per heavy atom. The Labute approximate surface area is 112 Å². The van der Waals surface area contributed by atoms with Crippen molar-refractivity contribution in [3.63, 3.8) is 0 Å². The van der Waals surface area contributed by atoms with Gasteiger partial charge in [-0.1, -0.05) is 12.2 Å². The molecule has 0 bridgehead atoms.